The highest BCUT2D eigenvalue weighted by Crippen LogP contribution is 2.06. The molecule has 1 aromatic heterocycles. The van der Waals surface area contributed by atoms with Gasteiger partial charge in [-0.1, -0.05) is 0 Å². The predicted molar refractivity (Wildman–Crippen MR) is 61.1 cm³/mol. The van der Waals surface area contributed by atoms with Crippen LogP contribution < -0.4 is 0 Å². The topological polar surface area (TPSA) is 34.5 Å². The average Bonchev–Trinajstić information content (AvgIpc) is 2.73. The lowest BCUT2D eigenvalue weighted by atomic mass is 10.2. The average molecular weight is 222 g/mol. The third-order valence-corrected chi connectivity index (χ3v) is 3.01. The molecule has 0 spiro atoms. The van der Waals surface area contributed by atoms with Crippen LogP contribution in [-0.4, -0.2) is 41.7 Å². The van der Waals surface area contributed by atoms with Crippen LogP contribution in [0.5, 0.6) is 0 Å². The Hall–Kier alpha value is -1.29. The number of carbonyl (C=O) groups is 1. The molecule has 0 radical (unpaired) electrons. The van der Waals surface area contributed by atoms with Crippen LogP contribution in [0.2, 0.25) is 0 Å². The van der Waals surface area contributed by atoms with Gasteiger partial charge < -0.3 is 14.2 Å². The Balaban J connectivity index is 1.81. The Morgan fingerprint density at radius 3 is 2.81 bits per heavy atom. The fraction of sp³-hybridized carbons (Fsp3) is 0.583. The van der Waals surface area contributed by atoms with E-state index in [2.05, 4.69) is 10.6 Å². The Bertz CT molecular complexity index is 354. The molecule has 4 nitrogen and oxygen atoms in total. The van der Waals surface area contributed by atoms with Crippen molar-refractivity contribution in [2.45, 2.75) is 12.8 Å². The SMILES string of the molecule is Cn1cccc1CCC(=O)N1CCOCC1. The molecule has 88 valence electrons. The van der Waals surface area contributed by atoms with Gasteiger partial charge in [0.2, 0.25) is 5.91 Å². The molecule has 0 aromatic carbocycles. The fourth-order valence-electron chi connectivity index (χ4n) is 1.96. The van der Waals surface area contributed by atoms with Gasteiger partial charge in [0, 0.05) is 38.4 Å². The molecule has 0 atom stereocenters. The molecule has 1 saturated heterocycles. The normalized spacial score (nSPS) is 16.4. The van der Waals surface area contributed by atoms with Crippen molar-refractivity contribution in [2.75, 3.05) is 26.3 Å². The van der Waals surface area contributed by atoms with Crippen molar-refractivity contribution in [3.05, 3.63) is 24.0 Å². The Morgan fingerprint density at radius 2 is 2.19 bits per heavy atom. The molecule has 2 rings (SSSR count). The molecule has 1 aromatic rings. The highest BCUT2D eigenvalue weighted by molar-refractivity contribution is 5.76. The summed E-state index contributed by atoms with van der Waals surface area (Å²) in [5, 5.41) is 0. The molecule has 0 unspecified atom stereocenters. The minimum absolute atomic E-state index is 0.240. The second kappa shape index (κ2) is 5.16. The first kappa shape index (κ1) is 11.2. The van der Waals surface area contributed by atoms with E-state index < -0.39 is 0 Å². The van der Waals surface area contributed by atoms with Crippen molar-refractivity contribution in [1.29, 1.82) is 0 Å². The molecular weight excluding hydrogens is 204 g/mol. The standard InChI is InChI=1S/C12H18N2O2/c1-13-6-2-3-11(13)4-5-12(15)14-7-9-16-10-8-14/h2-3,6H,4-5,7-10H2,1H3. The first-order chi connectivity index (χ1) is 7.77. The van der Waals surface area contributed by atoms with Crippen molar-refractivity contribution in [3.63, 3.8) is 0 Å². The first-order valence-electron chi connectivity index (χ1n) is 5.73. The lowest BCUT2D eigenvalue weighted by Crippen LogP contribution is -2.40. The maximum absolute atomic E-state index is 11.9. The Kier molecular flexibility index (Phi) is 3.62. The number of morpholine rings is 1. The number of nitrogens with zero attached hydrogens (tertiary/aromatic N) is 2. The first-order valence-corrected chi connectivity index (χ1v) is 5.73. The summed E-state index contributed by atoms with van der Waals surface area (Å²) in [5.74, 6) is 0.240. The maximum Gasteiger partial charge on any atom is 0.223 e. The summed E-state index contributed by atoms with van der Waals surface area (Å²) in [7, 11) is 2.01. The van der Waals surface area contributed by atoms with Crippen LogP contribution >= 0.6 is 0 Å². The van der Waals surface area contributed by atoms with E-state index >= 15 is 0 Å². The molecule has 2 heterocycles. The number of carbonyl (C=O) groups excluding carboxylic acids is 1. The summed E-state index contributed by atoms with van der Waals surface area (Å²) in [4.78, 5) is 13.8. The number of ether oxygens (including phenoxy) is 1. The summed E-state index contributed by atoms with van der Waals surface area (Å²) in [6, 6.07) is 4.07. The lowest BCUT2D eigenvalue weighted by molar-refractivity contribution is -0.135. The summed E-state index contributed by atoms with van der Waals surface area (Å²) in [5.41, 5.74) is 1.21. The van der Waals surface area contributed by atoms with E-state index in [-0.39, 0.29) is 5.91 Å². The Labute approximate surface area is 95.8 Å². The van der Waals surface area contributed by atoms with Gasteiger partial charge in [-0.3, -0.25) is 4.79 Å². The van der Waals surface area contributed by atoms with E-state index in [1.54, 1.807) is 0 Å². The van der Waals surface area contributed by atoms with E-state index in [4.69, 9.17) is 4.74 Å². The highest BCUT2D eigenvalue weighted by Gasteiger charge is 2.16. The second-order valence-electron chi connectivity index (χ2n) is 4.10. The zero-order chi connectivity index (χ0) is 11.4. The van der Waals surface area contributed by atoms with Crippen molar-refractivity contribution < 1.29 is 9.53 Å². The van der Waals surface area contributed by atoms with Crippen molar-refractivity contribution in [2.24, 2.45) is 7.05 Å². The van der Waals surface area contributed by atoms with Crippen LogP contribution in [0.15, 0.2) is 18.3 Å². The van der Waals surface area contributed by atoms with Crippen molar-refractivity contribution in [1.82, 2.24) is 9.47 Å². The molecule has 0 bridgehead atoms. The smallest absolute Gasteiger partial charge is 0.223 e. The molecule has 4 heteroatoms. The molecule has 0 saturated carbocycles. The molecule has 1 aliphatic heterocycles. The highest BCUT2D eigenvalue weighted by atomic mass is 16.5. The van der Waals surface area contributed by atoms with Crippen LogP contribution in [0.3, 0.4) is 0 Å². The fourth-order valence-corrected chi connectivity index (χ4v) is 1.96. The lowest BCUT2D eigenvalue weighted by Gasteiger charge is -2.26. The zero-order valence-electron chi connectivity index (χ0n) is 9.69. The second-order valence-corrected chi connectivity index (χ2v) is 4.10. The van der Waals surface area contributed by atoms with Crippen LogP contribution in [-0.2, 0) is 23.0 Å². The predicted octanol–water partition coefficient (Wildman–Crippen LogP) is 0.817. The number of aromatic nitrogens is 1. The largest absolute Gasteiger partial charge is 0.378 e. The van der Waals surface area contributed by atoms with Gasteiger partial charge in [0.25, 0.3) is 0 Å². The summed E-state index contributed by atoms with van der Waals surface area (Å²) < 4.78 is 7.28. The van der Waals surface area contributed by atoms with Gasteiger partial charge in [-0.25, -0.2) is 0 Å². The number of amides is 1. The van der Waals surface area contributed by atoms with E-state index in [1.807, 2.05) is 24.2 Å². The van der Waals surface area contributed by atoms with Crippen molar-refractivity contribution >= 4 is 5.91 Å². The molecule has 16 heavy (non-hydrogen) atoms. The molecule has 0 N–H and O–H groups in total. The number of aryl methyl sites for hydroxylation is 2. The van der Waals surface area contributed by atoms with E-state index in [0.717, 1.165) is 19.5 Å². The molecule has 1 fully saturated rings. The quantitative estimate of drug-likeness (QED) is 0.758. The van der Waals surface area contributed by atoms with Crippen LogP contribution in [0.4, 0.5) is 0 Å². The zero-order valence-corrected chi connectivity index (χ0v) is 9.69. The van der Waals surface area contributed by atoms with E-state index in [1.165, 1.54) is 5.69 Å². The van der Waals surface area contributed by atoms with Gasteiger partial charge in [-0.05, 0) is 18.6 Å². The van der Waals surface area contributed by atoms with Gasteiger partial charge in [-0.15, -0.1) is 0 Å². The summed E-state index contributed by atoms with van der Waals surface area (Å²) in [6.45, 7) is 2.84. The summed E-state index contributed by atoms with van der Waals surface area (Å²) >= 11 is 0. The summed E-state index contributed by atoms with van der Waals surface area (Å²) in [6.07, 6.45) is 3.42. The maximum atomic E-state index is 11.9. The monoisotopic (exact) mass is 222 g/mol. The number of hydrogen-bond acceptors (Lipinski definition) is 2. The minimum Gasteiger partial charge on any atom is -0.378 e. The van der Waals surface area contributed by atoms with Gasteiger partial charge in [0.05, 0.1) is 13.2 Å². The third kappa shape index (κ3) is 2.64. The van der Waals surface area contributed by atoms with E-state index in [9.17, 15) is 4.79 Å². The van der Waals surface area contributed by atoms with Gasteiger partial charge >= 0.3 is 0 Å². The third-order valence-electron chi connectivity index (χ3n) is 3.01. The van der Waals surface area contributed by atoms with Gasteiger partial charge in [0.1, 0.15) is 0 Å². The number of rotatable bonds is 3. The van der Waals surface area contributed by atoms with Gasteiger partial charge in [0.15, 0.2) is 0 Å². The molecule has 1 amide bonds. The van der Waals surface area contributed by atoms with Gasteiger partial charge in [-0.2, -0.15) is 0 Å². The molecule has 0 aliphatic carbocycles. The van der Waals surface area contributed by atoms with Crippen LogP contribution in [0.25, 0.3) is 0 Å². The molecule has 1 aliphatic rings. The van der Waals surface area contributed by atoms with Crippen LogP contribution in [0, 0.1) is 0 Å². The minimum atomic E-state index is 0.240. The van der Waals surface area contributed by atoms with Crippen molar-refractivity contribution in [3.8, 4) is 0 Å². The Morgan fingerprint density at radius 1 is 1.44 bits per heavy atom. The molecular formula is C12H18N2O2. The number of hydrogen-bond donors (Lipinski definition) is 0. The van der Waals surface area contributed by atoms with Crippen LogP contribution in [0.1, 0.15) is 12.1 Å². The van der Waals surface area contributed by atoms with E-state index in [0.29, 0.717) is 19.6 Å².